The molecule has 1 saturated carbocycles. The summed E-state index contributed by atoms with van der Waals surface area (Å²) in [7, 11) is -1.96. The lowest BCUT2D eigenvalue weighted by atomic mass is 10.4. The molecule has 1 aliphatic rings. The van der Waals surface area contributed by atoms with Crippen molar-refractivity contribution in [2.45, 2.75) is 17.9 Å². The minimum atomic E-state index is -3.53. The molecule has 1 aliphatic carbocycles. The molecule has 0 aliphatic heterocycles. The molecule has 6 heteroatoms. The lowest BCUT2D eigenvalue weighted by Gasteiger charge is -2.16. The van der Waals surface area contributed by atoms with Crippen LogP contribution in [0.15, 0.2) is 23.4 Å². The van der Waals surface area contributed by atoms with E-state index in [1.165, 1.54) is 10.5 Å². The molecule has 0 spiro atoms. The van der Waals surface area contributed by atoms with E-state index in [1.54, 1.807) is 19.2 Å². The van der Waals surface area contributed by atoms with Gasteiger partial charge >= 0.3 is 0 Å². The van der Waals surface area contributed by atoms with Crippen molar-refractivity contribution in [3.05, 3.63) is 18.3 Å². The van der Waals surface area contributed by atoms with Crippen LogP contribution in [0.2, 0.25) is 0 Å². The quantitative estimate of drug-likeness (QED) is 0.841. The van der Waals surface area contributed by atoms with E-state index in [0.29, 0.717) is 12.5 Å². The van der Waals surface area contributed by atoms with Gasteiger partial charge in [-0.2, -0.15) is 4.31 Å². The molecule has 0 radical (unpaired) electrons. The van der Waals surface area contributed by atoms with Gasteiger partial charge in [-0.05, 0) is 30.9 Å². The van der Waals surface area contributed by atoms with Gasteiger partial charge in [0.1, 0.15) is 0 Å². The second-order valence-corrected chi connectivity index (χ2v) is 6.09. The van der Waals surface area contributed by atoms with Crippen molar-refractivity contribution >= 4 is 15.7 Å². The molecule has 2 rings (SSSR count). The van der Waals surface area contributed by atoms with Gasteiger partial charge in [-0.3, -0.25) is 0 Å². The molecule has 1 aromatic rings. The zero-order chi connectivity index (χ0) is 11.8. The normalized spacial score (nSPS) is 16.6. The number of nitrogens with zero attached hydrogens (tertiary/aromatic N) is 2. The third kappa shape index (κ3) is 2.17. The highest BCUT2D eigenvalue weighted by Gasteiger charge is 2.30. The fourth-order valence-electron chi connectivity index (χ4n) is 1.53. The maximum atomic E-state index is 12.1. The highest BCUT2D eigenvalue weighted by atomic mass is 32.2. The summed E-state index contributed by atoms with van der Waals surface area (Å²) in [5.41, 5.74) is 5.82. The summed E-state index contributed by atoms with van der Waals surface area (Å²) in [5.74, 6) is 0.504. The molecule has 0 saturated heterocycles. The van der Waals surface area contributed by atoms with Crippen LogP contribution in [0.3, 0.4) is 0 Å². The summed E-state index contributed by atoms with van der Waals surface area (Å²) in [6.45, 7) is 0.554. The van der Waals surface area contributed by atoms with E-state index in [2.05, 4.69) is 4.98 Å². The first kappa shape index (κ1) is 11.3. The molecule has 1 fully saturated rings. The zero-order valence-electron chi connectivity index (χ0n) is 9.13. The lowest BCUT2D eigenvalue weighted by Crippen LogP contribution is -2.30. The Morgan fingerprint density at radius 1 is 1.56 bits per heavy atom. The second-order valence-electron chi connectivity index (χ2n) is 4.13. The summed E-state index contributed by atoms with van der Waals surface area (Å²) in [6.07, 6.45) is 3.66. The number of sulfonamides is 1. The van der Waals surface area contributed by atoms with Gasteiger partial charge in [-0.15, -0.1) is 0 Å². The fourth-order valence-corrected chi connectivity index (χ4v) is 2.79. The van der Waals surface area contributed by atoms with Crippen LogP contribution < -0.4 is 5.73 Å². The van der Waals surface area contributed by atoms with E-state index in [4.69, 9.17) is 5.73 Å². The van der Waals surface area contributed by atoms with Crippen LogP contribution in [-0.2, 0) is 10.0 Å². The highest BCUT2D eigenvalue weighted by Crippen LogP contribution is 2.31. The Bertz CT molecular complexity index is 483. The number of hydrogen-bond donors (Lipinski definition) is 1. The number of hydrogen-bond acceptors (Lipinski definition) is 4. The van der Waals surface area contributed by atoms with E-state index in [0.717, 1.165) is 12.8 Å². The van der Waals surface area contributed by atoms with Gasteiger partial charge in [-0.1, -0.05) is 0 Å². The summed E-state index contributed by atoms with van der Waals surface area (Å²) < 4.78 is 25.5. The zero-order valence-corrected chi connectivity index (χ0v) is 9.94. The van der Waals surface area contributed by atoms with Crippen LogP contribution in [0.5, 0.6) is 0 Å². The summed E-state index contributed by atoms with van der Waals surface area (Å²) in [4.78, 5) is 3.84. The standard InChI is InChI=1S/C10H15N3O2S/c1-13(7-8-4-5-8)16(14,15)10-9(11)3-2-6-12-10/h2-3,6,8H,4-5,7,11H2,1H3. The molecule has 1 heterocycles. The number of aromatic nitrogens is 1. The van der Waals surface area contributed by atoms with Gasteiger partial charge in [0.25, 0.3) is 10.0 Å². The van der Waals surface area contributed by atoms with Crippen LogP contribution in [0, 0.1) is 5.92 Å². The molecule has 0 atom stereocenters. The topological polar surface area (TPSA) is 76.3 Å². The first-order chi connectivity index (χ1) is 7.51. The summed E-state index contributed by atoms with van der Waals surface area (Å²) in [6, 6.07) is 3.17. The van der Waals surface area contributed by atoms with Crippen molar-refractivity contribution in [1.29, 1.82) is 0 Å². The van der Waals surface area contributed by atoms with E-state index in [9.17, 15) is 8.42 Å². The maximum absolute atomic E-state index is 12.1. The van der Waals surface area contributed by atoms with Gasteiger partial charge in [0.15, 0.2) is 5.03 Å². The predicted octanol–water partition coefficient (Wildman–Crippen LogP) is 0.694. The first-order valence-corrected chi connectivity index (χ1v) is 6.62. The molecule has 1 aromatic heterocycles. The Kier molecular flexibility index (Phi) is 2.86. The van der Waals surface area contributed by atoms with E-state index >= 15 is 0 Å². The first-order valence-electron chi connectivity index (χ1n) is 5.18. The van der Waals surface area contributed by atoms with Crippen molar-refractivity contribution in [1.82, 2.24) is 9.29 Å². The van der Waals surface area contributed by atoms with Crippen molar-refractivity contribution < 1.29 is 8.42 Å². The summed E-state index contributed by atoms with van der Waals surface area (Å²) in [5, 5.41) is -0.0434. The number of anilines is 1. The van der Waals surface area contributed by atoms with Crippen LogP contribution in [0.25, 0.3) is 0 Å². The van der Waals surface area contributed by atoms with E-state index < -0.39 is 10.0 Å². The highest BCUT2D eigenvalue weighted by molar-refractivity contribution is 7.89. The predicted molar refractivity (Wildman–Crippen MR) is 61.2 cm³/mol. The molecule has 88 valence electrons. The molecular formula is C10H15N3O2S. The van der Waals surface area contributed by atoms with Gasteiger partial charge in [0.2, 0.25) is 0 Å². The van der Waals surface area contributed by atoms with E-state index in [-0.39, 0.29) is 10.7 Å². The van der Waals surface area contributed by atoms with E-state index in [1.807, 2.05) is 0 Å². The third-order valence-electron chi connectivity index (χ3n) is 2.67. The van der Waals surface area contributed by atoms with Crippen LogP contribution in [0.4, 0.5) is 5.69 Å². The van der Waals surface area contributed by atoms with Gasteiger partial charge < -0.3 is 5.73 Å². The van der Waals surface area contributed by atoms with Crippen LogP contribution in [-0.4, -0.2) is 31.3 Å². The number of pyridine rings is 1. The molecule has 0 bridgehead atoms. The average Bonchev–Trinajstić information content (AvgIpc) is 3.02. The van der Waals surface area contributed by atoms with Crippen molar-refractivity contribution in [2.24, 2.45) is 5.92 Å². The largest absolute Gasteiger partial charge is 0.396 e. The molecule has 5 nitrogen and oxygen atoms in total. The summed E-state index contributed by atoms with van der Waals surface area (Å²) >= 11 is 0. The molecule has 2 N–H and O–H groups in total. The molecule has 0 unspecified atom stereocenters. The van der Waals surface area contributed by atoms with Crippen molar-refractivity contribution in [2.75, 3.05) is 19.3 Å². The number of rotatable bonds is 4. The van der Waals surface area contributed by atoms with Gasteiger partial charge in [0, 0.05) is 19.8 Å². The molecule has 0 amide bonds. The molecule has 0 aromatic carbocycles. The molecular weight excluding hydrogens is 226 g/mol. The SMILES string of the molecule is CN(CC1CC1)S(=O)(=O)c1ncccc1N. The Hall–Kier alpha value is -1.14. The Morgan fingerprint density at radius 2 is 2.25 bits per heavy atom. The Balaban J connectivity index is 2.27. The minimum Gasteiger partial charge on any atom is -0.396 e. The minimum absolute atomic E-state index is 0.0434. The van der Waals surface area contributed by atoms with Crippen LogP contribution in [0.1, 0.15) is 12.8 Å². The smallest absolute Gasteiger partial charge is 0.262 e. The van der Waals surface area contributed by atoms with Gasteiger partial charge in [0.05, 0.1) is 5.69 Å². The molecule has 16 heavy (non-hydrogen) atoms. The van der Waals surface area contributed by atoms with Crippen molar-refractivity contribution in [3.8, 4) is 0 Å². The lowest BCUT2D eigenvalue weighted by molar-refractivity contribution is 0.451. The number of nitrogens with two attached hydrogens (primary N) is 1. The monoisotopic (exact) mass is 241 g/mol. The average molecular weight is 241 g/mol. The second kappa shape index (κ2) is 4.03. The number of nitrogen functional groups attached to an aromatic ring is 1. The fraction of sp³-hybridized carbons (Fsp3) is 0.500. The van der Waals surface area contributed by atoms with Gasteiger partial charge in [-0.25, -0.2) is 13.4 Å². The Labute approximate surface area is 95.3 Å². The maximum Gasteiger partial charge on any atom is 0.262 e. The Morgan fingerprint density at radius 3 is 2.81 bits per heavy atom. The van der Waals surface area contributed by atoms with Crippen molar-refractivity contribution in [3.63, 3.8) is 0 Å². The third-order valence-corrected chi connectivity index (χ3v) is 4.47. The van der Waals surface area contributed by atoms with Crippen LogP contribution >= 0.6 is 0 Å².